The number of hydrogen-bond donors (Lipinski definition) is 0. The number of likely N-dealkylation sites (N-methyl/N-ethyl adjacent to an activating group) is 1. The molecule has 0 amide bonds. The highest BCUT2D eigenvalue weighted by Gasteiger charge is 2.19. The van der Waals surface area contributed by atoms with Crippen molar-refractivity contribution in [3.63, 3.8) is 0 Å². The lowest BCUT2D eigenvalue weighted by atomic mass is 10.0. The van der Waals surface area contributed by atoms with Crippen LogP contribution >= 0.6 is 0 Å². The summed E-state index contributed by atoms with van der Waals surface area (Å²) in [5.74, 6) is 0.149. The minimum Gasteiger partial charge on any atom is -0.292 e. The molecule has 0 bridgehead atoms. The second-order valence-corrected chi connectivity index (χ2v) is 5.34. The fourth-order valence-corrected chi connectivity index (χ4v) is 2.14. The van der Waals surface area contributed by atoms with Crippen molar-refractivity contribution in [1.82, 2.24) is 14.7 Å². The van der Waals surface area contributed by atoms with Crippen LogP contribution < -0.4 is 0 Å². The third-order valence-corrected chi connectivity index (χ3v) is 3.57. The van der Waals surface area contributed by atoms with Gasteiger partial charge in [0.25, 0.3) is 0 Å². The summed E-state index contributed by atoms with van der Waals surface area (Å²) in [4.78, 5) is 14.5. The van der Waals surface area contributed by atoms with Gasteiger partial charge in [-0.2, -0.15) is 5.10 Å². The number of ketones is 1. The predicted octanol–water partition coefficient (Wildman–Crippen LogP) is 2.43. The smallest absolute Gasteiger partial charge is 0.179 e. The number of hydrogen-bond acceptors (Lipinski definition) is 3. The second-order valence-electron chi connectivity index (χ2n) is 5.34. The van der Waals surface area contributed by atoms with Crippen LogP contribution in [-0.4, -0.2) is 33.6 Å². The number of benzene rings is 1. The summed E-state index contributed by atoms with van der Waals surface area (Å²) in [6.07, 6.45) is 3.80. The first-order chi connectivity index (χ1) is 9.47. The van der Waals surface area contributed by atoms with Crippen LogP contribution in [0.5, 0.6) is 0 Å². The summed E-state index contributed by atoms with van der Waals surface area (Å²) in [5, 5.41) is 4.15. The molecule has 0 saturated carbocycles. The Kier molecular flexibility index (Phi) is 4.35. The molecular formula is C16H21N3O. The largest absolute Gasteiger partial charge is 0.292 e. The molecule has 0 radical (unpaired) electrons. The Bertz CT molecular complexity index is 586. The van der Waals surface area contributed by atoms with Gasteiger partial charge in [0.1, 0.15) is 0 Å². The first-order valence-electron chi connectivity index (χ1n) is 6.76. The Balaban J connectivity index is 2.04. The Hall–Kier alpha value is -1.94. The number of aryl methyl sites for hydroxylation is 2. The van der Waals surface area contributed by atoms with Gasteiger partial charge in [0.15, 0.2) is 5.78 Å². The molecule has 0 spiro atoms. The van der Waals surface area contributed by atoms with Crippen LogP contribution in [0.1, 0.15) is 28.4 Å². The van der Waals surface area contributed by atoms with Crippen molar-refractivity contribution in [3.05, 3.63) is 53.3 Å². The summed E-state index contributed by atoms with van der Waals surface area (Å²) in [6.45, 7) is 4.68. The zero-order valence-electron chi connectivity index (χ0n) is 12.5. The molecule has 1 atom stereocenters. The van der Waals surface area contributed by atoms with Gasteiger partial charge in [-0.05, 0) is 20.9 Å². The Morgan fingerprint density at radius 1 is 1.35 bits per heavy atom. The van der Waals surface area contributed by atoms with E-state index in [1.807, 2.05) is 69.5 Å². The summed E-state index contributed by atoms with van der Waals surface area (Å²) in [6, 6.07) is 7.58. The molecular weight excluding hydrogens is 250 g/mol. The van der Waals surface area contributed by atoms with Crippen molar-refractivity contribution < 1.29 is 4.79 Å². The maximum absolute atomic E-state index is 12.4. The lowest BCUT2D eigenvalue weighted by Gasteiger charge is -2.23. The van der Waals surface area contributed by atoms with Crippen LogP contribution in [0.4, 0.5) is 0 Å². The minimum absolute atomic E-state index is 0.149. The van der Waals surface area contributed by atoms with Crippen molar-refractivity contribution in [1.29, 1.82) is 0 Å². The molecule has 0 fully saturated rings. The van der Waals surface area contributed by atoms with Crippen molar-refractivity contribution in [2.75, 3.05) is 7.05 Å². The maximum atomic E-state index is 12.4. The van der Waals surface area contributed by atoms with Crippen LogP contribution in [0.3, 0.4) is 0 Å². The molecule has 1 unspecified atom stereocenters. The third-order valence-electron chi connectivity index (χ3n) is 3.57. The quantitative estimate of drug-likeness (QED) is 0.784. The van der Waals surface area contributed by atoms with E-state index in [0.29, 0.717) is 6.54 Å². The molecule has 1 aromatic carbocycles. The van der Waals surface area contributed by atoms with Crippen LogP contribution in [0.2, 0.25) is 0 Å². The van der Waals surface area contributed by atoms with E-state index in [-0.39, 0.29) is 11.8 Å². The molecule has 0 aliphatic rings. The first-order valence-corrected chi connectivity index (χ1v) is 6.76. The molecule has 2 aromatic rings. The highest BCUT2D eigenvalue weighted by atomic mass is 16.1. The SMILES string of the molecule is Cc1ccc(C(=O)C(C)N(C)Cc2cnn(C)c2)cc1. The van der Waals surface area contributed by atoms with Crippen LogP contribution in [0.15, 0.2) is 36.7 Å². The summed E-state index contributed by atoms with van der Waals surface area (Å²) in [5.41, 5.74) is 3.04. The number of carbonyl (C=O) groups is 1. The zero-order chi connectivity index (χ0) is 14.7. The maximum Gasteiger partial charge on any atom is 0.179 e. The summed E-state index contributed by atoms with van der Waals surface area (Å²) < 4.78 is 1.77. The fourth-order valence-electron chi connectivity index (χ4n) is 2.14. The van der Waals surface area contributed by atoms with Gasteiger partial charge >= 0.3 is 0 Å². The fraction of sp³-hybridized carbons (Fsp3) is 0.375. The average Bonchev–Trinajstić information content (AvgIpc) is 2.83. The van der Waals surface area contributed by atoms with Gasteiger partial charge in [0.2, 0.25) is 0 Å². The lowest BCUT2D eigenvalue weighted by Crippen LogP contribution is -2.35. The highest BCUT2D eigenvalue weighted by Crippen LogP contribution is 2.12. The van der Waals surface area contributed by atoms with Gasteiger partial charge in [-0.3, -0.25) is 14.4 Å². The van der Waals surface area contributed by atoms with Crippen molar-refractivity contribution in [2.24, 2.45) is 7.05 Å². The van der Waals surface area contributed by atoms with Gasteiger partial charge in [-0.1, -0.05) is 29.8 Å². The molecule has 0 aliphatic heterocycles. The van der Waals surface area contributed by atoms with Gasteiger partial charge < -0.3 is 0 Å². The third kappa shape index (κ3) is 3.33. The van der Waals surface area contributed by atoms with E-state index in [4.69, 9.17) is 0 Å². The predicted molar refractivity (Wildman–Crippen MR) is 79.6 cm³/mol. The molecule has 106 valence electrons. The molecule has 2 rings (SSSR count). The highest BCUT2D eigenvalue weighted by molar-refractivity contribution is 5.99. The van der Waals surface area contributed by atoms with Crippen LogP contribution in [0.25, 0.3) is 0 Å². The topological polar surface area (TPSA) is 38.1 Å². The number of carbonyl (C=O) groups excluding carboxylic acids is 1. The lowest BCUT2D eigenvalue weighted by molar-refractivity contribution is 0.0862. The normalized spacial score (nSPS) is 12.7. The molecule has 0 saturated heterocycles. The van der Waals surface area contributed by atoms with E-state index in [1.54, 1.807) is 4.68 Å². The molecule has 20 heavy (non-hydrogen) atoms. The van der Waals surface area contributed by atoms with Crippen LogP contribution in [-0.2, 0) is 13.6 Å². The molecule has 1 aromatic heterocycles. The Labute approximate surface area is 120 Å². The number of Topliss-reactive ketones (excluding diaryl/α,β-unsaturated/α-hetero) is 1. The summed E-state index contributed by atoms with van der Waals surface area (Å²) >= 11 is 0. The zero-order valence-corrected chi connectivity index (χ0v) is 12.5. The van der Waals surface area contributed by atoms with Crippen molar-refractivity contribution in [2.45, 2.75) is 26.4 Å². The Morgan fingerprint density at radius 2 is 2.00 bits per heavy atom. The minimum atomic E-state index is -0.155. The Morgan fingerprint density at radius 3 is 2.55 bits per heavy atom. The van der Waals surface area contributed by atoms with E-state index >= 15 is 0 Å². The van der Waals surface area contributed by atoms with E-state index in [2.05, 4.69) is 5.10 Å². The second kappa shape index (κ2) is 6.01. The van der Waals surface area contributed by atoms with Gasteiger partial charge in [0.05, 0.1) is 12.2 Å². The van der Waals surface area contributed by atoms with E-state index in [9.17, 15) is 4.79 Å². The van der Waals surface area contributed by atoms with E-state index in [0.717, 1.165) is 16.7 Å². The standard InChI is InChI=1S/C16H21N3O/c1-12-5-7-15(8-6-12)16(20)13(2)18(3)10-14-9-17-19(4)11-14/h5-9,11,13H,10H2,1-4H3. The summed E-state index contributed by atoms with van der Waals surface area (Å²) in [7, 11) is 3.86. The number of rotatable bonds is 5. The van der Waals surface area contributed by atoms with E-state index in [1.165, 1.54) is 0 Å². The van der Waals surface area contributed by atoms with Gasteiger partial charge in [-0.15, -0.1) is 0 Å². The molecule has 4 nitrogen and oxygen atoms in total. The molecule has 0 N–H and O–H groups in total. The average molecular weight is 271 g/mol. The molecule has 0 aliphatic carbocycles. The van der Waals surface area contributed by atoms with Crippen molar-refractivity contribution >= 4 is 5.78 Å². The van der Waals surface area contributed by atoms with Gasteiger partial charge in [0, 0.05) is 30.9 Å². The van der Waals surface area contributed by atoms with E-state index < -0.39 is 0 Å². The molecule has 1 heterocycles. The monoisotopic (exact) mass is 271 g/mol. The van der Waals surface area contributed by atoms with Crippen molar-refractivity contribution in [3.8, 4) is 0 Å². The number of nitrogens with zero attached hydrogens (tertiary/aromatic N) is 3. The molecule has 4 heteroatoms. The first kappa shape index (κ1) is 14.5. The number of aromatic nitrogens is 2. The van der Waals surface area contributed by atoms with Crippen LogP contribution in [0, 0.1) is 6.92 Å². The van der Waals surface area contributed by atoms with Gasteiger partial charge in [-0.25, -0.2) is 0 Å².